The van der Waals surface area contributed by atoms with Crippen molar-refractivity contribution in [1.82, 2.24) is 0 Å². The predicted molar refractivity (Wildman–Crippen MR) is 261 cm³/mol. The van der Waals surface area contributed by atoms with E-state index in [2.05, 4.69) is 210 Å². The molecule has 62 heavy (non-hydrogen) atoms. The summed E-state index contributed by atoms with van der Waals surface area (Å²) < 4.78 is 1.60. The zero-order chi connectivity index (χ0) is 43.4. The third-order valence-corrected chi connectivity index (χ3v) is 12.5. The molecule has 0 nitrogen and oxygen atoms in total. The summed E-state index contributed by atoms with van der Waals surface area (Å²) in [5.74, 6) is 0. The van der Waals surface area contributed by atoms with Gasteiger partial charge in [0.15, 0.2) is 0 Å². The van der Waals surface area contributed by atoms with Gasteiger partial charge in [-0.1, -0.05) is 89.1 Å². The number of rotatable bonds is 6. The molecule has 3 heteroatoms. The molecular formula is C59H64Cl2Zr-2. The van der Waals surface area contributed by atoms with Gasteiger partial charge in [-0.05, 0) is 108 Å². The molecule has 7 aromatic carbocycles. The molecule has 7 aromatic rings. The average molecular weight is 935 g/mol. The molecule has 0 aromatic heterocycles. The zero-order valence-corrected chi connectivity index (χ0v) is 43.0. The van der Waals surface area contributed by atoms with Gasteiger partial charge in [0, 0.05) is 0 Å². The van der Waals surface area contributed by atoms with Crippen molar-refractivity contribution in [2.24, 2.45) is 0 Å². The number of aryl methyl sites for hydroxylation is 6. The maximum absolute atomic E-state index is 2.99. The van der Waals surface area contributed by atoms with Gasteiger partial charge < -0.3 is 24.8 Å². The van der Waals surface area contributed by atoms with Gasteiger partial charge in [-0.25, -0.2) is 12.2 Å². The minimum atomic E-state index is 0. The first-order chi connectivity index (χ1) is 28.4. The van der Waals surface area contributed by atoms with E-state index in [0.29, 0.717) is 0 Å². The van der Waals surface area contributed by atoms with Crippen molar-refractivity contribution in [2.75, 3.05) is 0 Å². The van der Waals surface area contributed by atoms with Gasteiger partial charge in [0.2, 0.25) is 0 Å². The first kappa shape index (κ1) is 50.6. The van der Waals surface area contributed by atoms with Crippen LogP contribution in [0.25, 0.3) is 43.8 Å². The van der Waals surface area contributed by atoms with E-state index in [4.69, 9.17) is 0 Å². The summed E-state index contributed by atoms with van der Waals surface area (Å²) in [6, 6.07) is 43.1. The molecule has 0 bridgehead atoms. The van der Waals surface area contributed by atoms with Crippen LogP contribution in [-0.4, -0.2) is 3.21 Å². The Morgan fingerprint density at radius 3 is 1.21 bits per heavy atom. The fourth-order valence-electron chi connectivity index (χ4n) is 9.06. The molecule has 0 radical (unpaired) electrons. The van der Waals surface area contributed by atoms with Crippen LogP contribution in [0.2, 0.25) is 0 Å². The second-order valence-corrected chi connectivity index (χ2v) is 20.8. The van der Waals surface area contributed by atoms with Crippen LogP contribution in [0.1, 0.15) is 104 Å². The molecule has 320 valence electrons. The third-order valence-electron chi connectivity index (χ3n) is 11.6. The quantitative estimate of drug-likeness (QED) is 0.146. The Labute approximate surface area is 401 Å². The van der Waals surface area contributed by atoms with Crippen molar-refractivity contribution < 1.29 is 49.0 Å². The minimum absolute atomic E-state index is 0. The van der Waals surface area contributed by atoms with Gasteiger partial charge in [-0.3, -0.25) is 6.08 Å². The molecule has 0 saturated heterocycles. The fraction of sp³-hybridized carbons (Fsp3) is 0.288. The second kappa shape index (κ2) is 21.6. The van der Waals surface area contributed by atoms with E-state index in [1.54, 1.807) is 27.4 Å². The summed E-state index contributed by atoms with van der Waals surface area (Å²) in [6.07, 6.45) is 12.2. The molecule has 1 aliphatic carbocycles. The number of allylic oxidation sites excluding steroid dienone is 4. The molecule has 0 unspecified atom stereocenters. The maximum atomic E-state index is 2.99. The van der Waals surface area contributed by atoms with Crippen molar-refractivity contribution >= 4 is 24.8 Å². The number of hydrogen-bond donors (Lipinski definition) is 0. The Bertz CT molecular complexity index is 2460. The number of halogens is 2. The predicted octanol–water partition coefficient (Wildman–Crippen LogP) is 10.00. The summed E-state index contributed by atoms with van der Waals surface area (Å²) in [6.45, 7) is 27.6. The van der Waals surface area contributed by atoms with E-state index >= 15 is 0 Å². The van der Waals surface area contributed by atoms with Crippen LogP contribution in [0.3, 0.4) is 0 Å². The Morgan fingerprint density at radius 1 is 0.548 bits per heavy atom. The van der Waals surface area contributed by atoms with Crippen molar-refractivity contribution in [3.63, 3.8) is 0 Å². The second-order valence-electron chi connectivity index (χ2n) is 19.1. The van der Waals surface area contributed by atoms with Crippen LogP contribution >= 0.6 is 0 Å². The first-order valence-electron chi connectivity index (χ1n) is 21.6. The molecule has 0 aliphatic heterocycles. The number of fused-ring (bicyclic) bond motifs is 3. The third kappa shape index (κ3) is 12.4. The van der Waals surface area contributed by atoms with Crippen LogP contribution in [0.5, 0.6) is 0 Å². The van der Waals surface area contributed by atoms with E-state index in [0.717, 1.165) is 19.3 Å². The molecular weight excluding hydrogens is 871 g/mol. The normalized spacial score (nSPS) is 12.0. The van der Waals surface area contributed by atoms with Gasteiger partial charge in [-0.2, -0.15) is 6.08 Å². The molecule has 0 N–H and O–H groups in total. The first-order valence-corrected chi connectivity index (χ1v) is 22.9. The molecule has 0 saturated carbocycles. The molecule has 8 rings (SSSR count). The summed E-state index contributed by atoms with van der Waals surface area (Å²) >= 11 is 1.55. The zero-order valence-electron chi connectivity index (χ0n) is 39.1. The number of hydrogen-bond acceptors (Lipinski definition) is 0. The van der Waals surface area contributed by atoms with Crippen LogP contribution in [0.15, 0.2) is 133 Å². The van der Waals surface area contributed by atoms with Gasteiger partial charge in [-0.15, -0.1) is 46.2 Å². The van der Waals surface area contributed by atoms with Gasteiger partial charge >= 0.3 is 112 Å². The Balaban J connectivity index is 0.000000302. The van der Waals surface area contributed by atoms with E-state index in [1.807, 2.05) is 12.2 Å². The Hall–Kier alpha value is -4.00. The number of benzene rings is 6. The average Bonchev–Trinajstić information content (AvgIpc) is 3.86. The Morgan fingerprint density at radius 2 is 0.919 bits per heavy atom. The topological polar surface area (TPSA) is 0 Å². The van der Waals surface area contributed by atoms with E-state index in [9.17, 15) is 0 Å². The van der Waals surface area contributed by atoms with E-state index in [-0.39, 0.29) is 35.6 Å². The van der Waals surface area contributed by atoms with E-state index < -0.39 is 0 Å². The summed E-state index contributed by atoms with van der Waals surface area (Å²) in [4.78, 5) is 0. The molecule has 1 aliphatic rings. The Kier molecular flexibility index (Phi) is 17.6. The van der Waals surface area contributed by atoms with Crippen LogP contribution < -0.4 is 24.8 Å². The van der Waals surface area contributed by atoms with Crippen molar-refractivity contribution in [3.05, 3.63) is 195 Å². The summed E-state index contributed by atoms with van der Waals surface area (Å²) in [5, 5.41) is 5.41. The van der Waals surface area contributed by atoms with Crippen LogP contribution in [-0.2, 0) is 47.9 Å². The molecule has 0 amide bonds. The standard InChI is InChI=1S/C39H45.C15H14.C5H5.2ClH.Zr/c1-22-13-24(3)36(25(4)14-22)32-18-28-17-29-19-33(37-26(5)15-23(2)16-27(37)6)35(39(10,11)12)21-31(29)30(28)20-34(32)38(7,8)9;1-3-8-14(9-4-1)12-7-13-15-10-5-2-6-11-15;1-2-4-5-3-1;;;/h13-21H,1-12H3;1-6,8-11H,12-13H2;1-3H,4H2;2*1H;/q-1;;-1;;;+2/p-2. The molecule has 0 heterocycles. The van der Waals surface area contributed by atoms with Gasteiger partial charge in [0.1, 0.15) is 0 Å². The fourth-order valence-corrected chi connectivity index (χ4v) is 10.1. The van der Waals surface area contributed by atoms with Gasteiger partial charge in [0.25, 0.3) is 0 Å². The van der Waals surface area contributed by atoms with Crippen molar-refractivity contribution in [3.8, 4) is 22.3 Å². The van der Waals surface area contributed by atoms with Crippen molar-refractivity contribution in [1.29, 1.82) is 0 Å². The van der Waals surface area contributed by atoms with Crippen molar-refractivity contribution in [2.45, 2.75) is 113 Å². The summed E-state index contributed by atoms with van der Waals surface area (Å²) in [5.41, 5.74) is 19.4. The van der Waals surface area contributed by atoms with Crippen LogP contribution in [0.4, 0.5) is 0 Å². The molecule has 0 atom stereocenters. The SMILES string of the molecule is Cc1cc(C)c(-c2cc3[cH-]c4cc(-c5c(C)cc(C)cc5C)c(C(C)(C)C)cc4c3cc2C(C)(C)C)c(C)c1.[C-]1=CC=CC1.[Cl-].[Cl-].[Zr+2]=[C](Cc1ccccc1)Cc1ccccc1. The molecule has 0 fully saturated rings. The summed E-state index contributed by atoms with van der Waals surface area (Å²) in [7, 11) is 0. The van der Waals surface area contributed by atoms with Crippen LogP contribution in [0, 0.1) is 47.6 Å². The van der Waals surface area contributed by atoms with E-state index in [1.165, 1.54) is 99.4 Å². The molecule has 0 spiro atoms. The van der Waals surface area contributed by atoms with Gasteiger partial charge in [0.05, 0.1) is 0 Å². The monoisotopic (exact) mass is 932 g/mol.